The van der Waals surface area contributed by atoms with Gasteiger partial charge in [-0.3, -0.25) is 0 Å². The maximum Gasteiger partial charge on any atom is 0.322 e. The molecule has 1 saturated heterocycles. The summed E-state index contributed by atoms with van der Waals surface area (Å²) < 4.78 is 14.0. The maximum absolute atomic E-state index is 14.0. The van der Waals surface area contributed by atoms with E-state index in [1.165, 1.54) is 12.1 Å². The van der Waals surface area contributed by atoms with E-state index < -0.39 is 0 Å². The molecule has 4 aromatic rings. The fourth-order valence-corrected chi connectivity index (χ4v) is 5.02. The Bertz CT molecular complexity index is 1440. The highest BCUT2D eigenvalue weighted by Gasteiger charge is 2.26. The molecule has 1 aromatic heterocycles. The molecule has 1 aliphatic rings. The zero-order valence-electron chi connectivity index (χ0n) is 20.8. The monoisotopic (exact) mass is 549 g/mol. The van der Waals surface area contributed by atoms with E-state index in [0.29, 0.717) is 59.7 Å². The van der Waals surface area contributed by atoms with E-state index in [1.807, 2.05) is 25.1 Å². The number of nitrogens with zero attached hydrogens (tertiary/aromatic N) is 4. The lowest BCUT2D eigenvalue weighted by molar-refractivity contribution is 0.208. The summed E-state index contributed by atoms with van der Waals surface area (Å²) in [7, 11) is 0. The number of aromatic nitrogens is 2. The van der Waals surface area contributed by atoms with Crippen LogP contribution in [0.2, 0.25) is 10.0 Å². The van der Waals surface area contributed by atoms with Gasteiger partial charge in [-0.25, -0.2) is 19.2 Å². The van der Waals surface area contributed by atoms with Crippen molar-refractivity contribution < 1.29 is 9.18 Å². The maximum atomic E-state index is 14.0. The Balaban J connectivity index is 1.40. The number of benzene rings is 3. The molecule has 2 heterocycles. The lowest BCUT2D eigenvalue weighted by Gasteiger charge is -2.36. The lowest BCUT2D eigenvalue weighted by atomic mass is 10.0. The molecule has 0 spiro atoms. The molecule has 3 aromatic carbocycles. The fraction of sp³-hybridized carbons (Fsp3) is 0.207. The molecule has 1 aliphatic heterocycles. The highest BCUT2D eigenvalue weighted by atomic mass is 35.5. The lowest BCUT2D eigenvalue weighted by Crippen LogP contribution is -2.50. The number of halogens is 3. The second-order valence-corrected chi connectivity index (χ2v) is 9.92. The van der Waals surface area contributed by atoms with Crippen LogP contribution in [0.15, 0.2) is 72.8 Å². The van der Waals surface area contributed by atoms with Gasteiger partial charge >= 0.3 is 6.03 Å². The van der Waals surface area contributed by atoms with Crippen LogP contribution in [0.3, 0.4) is 0 Å². The van der Waals surface area contributed by atoms with E-state index in [2.05, 4.69) is 22.3 Å². The largest absolute Gasteiger partial charge is 0.353 e. The predicted octanol–water partition coefficient (Wildman–Crippen LogP) is 6.84. The summed E-state index contributed by atoms with van der Waals surface area (Å²) in [4.78, 5) is 26.5. The van der Waals surface area contributed by atoms with Crippen molar-refractivity contribution in [2.45, 2.75) is 13.3 Å². The minimum Gasteiger partial charge on any atom is -0.353 e. The average molecular weight is 550 g/mol. The first-order valence-corrected chi connectivity index (χ1v) is 13.1. The van der Waals surface area contributed by atoms with Crippen LogP contribution >= 0.6 is 23.2 Å². The Labute approximate surface area is 231 Å². The van der Waals surface area contributed by atoms with Crippen molar-refractivity contribution in [3.05, 3.63) is 105 Å². The molecule has 2 amide bonds. The standard InChI is InChI=1S/C29H26Cl2FN5O/c1-19-23(17-20-7-3-2-4-8-20)28(35-27(33-19)21-9-5-10-22(32)18-21)36-13-15-37(16-14-36)29(38)34-26-24(30)11-6-12-25(26)31/h2-12,18H,13-17H2,1H3,(H,34,38). The number of para-hydroxylation sites is 1. The van der Waals surface area contributed by atoms with Crippen LogP contribution in [0.1, 0.15) is 16.8 Å². The van der Waals surface area contributed by atoms with Crippen LogP contribution in [-0.2, 0) is 6.42 Å². The normalized spacial score (nSPS) is 13.5. The van der Waals surface area contributed by atoms with Gasteiger partial charge in [0.2, 0.25) is 0 Å². The number of rotatable bonds is 5. The summed E-state index contributed by atoms with van der Waals surface area (Å²) in [5.74, 6) is 0.939. The summed E-state index contributed by atoms with van der Waals surface area (Å²) >= 11 is 12.5. The molecule has 0 aliphatic carbocycles. The smallest absolute Gasteiger partial charge is 0.322 e. The fourth-order valence-electron chi connectivity index (χ4n) is 4.53. The Morgan fingerprint density at radius 2 is 1.61 bits per heavy atom. The Morgan fingerprint density at radius 3 is 2.29 bits per heavy atom. The van der Waals surface area contributed by atoms with Gasteiger partial charge in [0.05, 0.1) is 15.7 Å². The van der Waals surface area contributed by atoms with Crippen molar-refractivity contribution in [1.29, 1.82) is 0 Å². The van der Waals surface area contributed by atoms with Gasteiger partial charge in [0.25, 0.3) is 0 Å². The summed E-state index contributed by atoms with van der Waals surface area (Å²) in [6, 6.07) is 21.3. The molecule has 9 heteroatoms. The van der Waals surface area contributed by atoms with Crippen molar-refractivity contribution in [3.63, 3.8) is 0 Å². The molecule has 0 atom stereocenters. The van der Waals surface area contributed by atoms with Crippen LogP contribution in [0, 0.1) is 12.7 Å². The van der Waals surface area contributed by atoms with Crippen LogP contribution < -0.4 is 10.2 Å². The van der Waals surface area contributed by atoms with Crippen LogP contribution in [0.25, 0.3) is 11.4 Å². The third-order valence-corrected chi connectivity index (χ3v) is 7.19. The Morgan fingerprint density at radius 1 is 0.921 bits per heavy atom. The van der Waals surface area contributed by atoms with Crippen LogP contribution in [-0.4, -0.2) is 47.1 Å². The van der Waals surface area contributed by atoms with Gasteiger partial charge in [-0.1, -0.05) is 71.7 Å². The van der Waals surface area contributed by atoms with Crippen LogP contribution in [0.5, 0.6) is 0 Å². The highest BCUT2D eigenvalue weighted by Crippen LogP contribution is 2.31. The van der Waals surface area contributed by atoms with Crippen molar-refractivity contribution in [3.8, 4) is 11.4 Å². The highest BCUT2D eigenvalue weighted by molar-refractivity contribution is 6.39. The molecular formula is C29H26Cl2FN5O. The van der Waals surface area contributed by atoms with Gasteiger partial charge in [0, 0.05) is 49.4 Å². The van der Waals surface area contributed by atoms with E-state index in [4.69, 9.17) is 33.2 Å². The number of amides is 2. The molecule has 0 saturated carbocycles. The summed E-state index contributed by atoms with van der Waals surface area (Å²) in [5, 5.41) is 3.61. The SMILES string of the molecule is Cc1nc(-c2cccc(F)c2)nc(N2CCN(C(=O)Nc3c(Cl)cccc3Cl)CC2)c1Cc1ccccc1. The Hall–Kier alpha value is -3.68. The first-order valence-electron chi connectivity index (χ1n) is 12.3. The number of urea groups is 1. The van der Waals surface area contributed by atoms with E-state index in [1.54, 1.807) is 35.2 Å². The zero-order valence-corrected chi connectivity index (χ0v) is 22.3. The summed E-state index contributed by atoms with van der Waals surface area (Å²) in [6.45, 7) is 4.08. The molecule has 6 nitrogen and oxygen atoms in total. The third kappa shape index (κ3) is 5.74. The molecule has 38 heavy (non-hydrogen) atoms. The van der Waals surface area contributed by atoms with Gasteiger partial charge in [0.1, 0.15) is 11.6 Å². The quantitative estimate of drug-likeness (QED) is 0.296. The van der Waals surface area contributed by atoms with Crippen molar-refractivity contribution in [2.24, 2.45) is 0 Å². The van der Waals surface area contributed by atoms with Crippen molar-refractivity contribution in [2.75, 3.05) is 36.4 Å². The number of carbonyl (C=O) groups is 1. The summed E-state index contributed by atoms with van der Waals surface area (Å²) in [6.07, 6.45) is 0.664. The van der Waals surface area contributed by atoms with Crippen molar-refractivity contribution in [1.82, 2.24) is 14.9 Å². The van der Waals surface area contributed by atoms with E-state index in [-0.39, 0.29) is 11.8 Å². The molecule has 0 unspecified atom stereocenters. The number of aryl methyl sites for hydroxylation is 1. The molecule has 0 bridgehead atoms. The topological polar surface area (TPSA) is 61.4 Å². The van der Waals surface area contributed by atoms with Gasteiger partial charge in [-0.05, 0) is 36.8 Å². The second kappa shape index (κ2) is 11.4. The third-order valence-electron chi connectivity index (χ3n) is 6.56. The van der Waals surface area contributed by atoms with Crippen molar-refractivity contribution >= 4 is 40.7 Å². The van der Waals surface area contributed by atoms with E-state index in [9.17, 15) is 9.18 Å². The first-order chi connectivity index (χ1) is 18.4. The van der Waals surface area contributed by atoms with Gasteiger partial charge in [-0.15, -0.1) is 0 Å². The van der Waals surface area contributed by atoms with Gasteiger partial charge in [-0.2, -0.15) is 0 Å². The number of anilines is 2. The molecule has 1 N–H and O–H groups in total. The number of hydrogen-bond donors (Lipinski definition) is 1. The molecular weight excluding hydrogens is 524 g/mol. The average Bonchev–Trinajstić information content (AvgIpc) is 2.92. The molecule has 194 valence electrons. The molecule has 5 rings (SSSR count). The molecule has 0 radical (unpaired) electrons. The first kappa shape index (κ1) is 25.9. The van der Waals surface area contributed by atoms with E-state index in [0.717, 1.165) is 22.6 Å². The summed E-state index contributed by atoms with van der Waals surface area (Å²) in [5.41, 5.74) is 4.02. The minimum absolute atomic E-state index is 0.261. The molecule has 1 fully saturated rings. The van der Waals surface area contributed by atoms with Crippen LogP contribution in [0.4, 0.5) is 20.7 Å². The Kier molecular flexibility index (Phi) is 7.77. The number of hydrogen-bond acceptors (Lipinski definition) is 4. The second-order valence-electron chi connectivity index (χ2n) is 9.11. The van der Waals surface area contributed by atoms with Gasteiger partial charge < -0.3 is 15.1 Å². The minimum atomic E-state index is -0.336. The zero-order chi connectivity index (χ0) is 26.6. The number of piperazine rings is 1. The van der Waals surface area contributed by atoms with Gasteiger partial charge in [0.15, 0.2) is 5.82 Å². The predicted molar refractivity (Wildman–Crippen MR) is 151 cm³/mol. The number of carbonyl (C=O) groups excluding carboxylic acids is 1. The number of nitrogens with one attached hydrogen (secondary N) is 1. The van der Waals surface area contributed by atoms with E-state index >= 15 is 0 Å².